The standard InChI is InChI=1S/C18H14F2N2OS/c1-11-3-2-4-12(7-11)8-14-10-21-18(24-14)22-17(23)15-6-5-13(19)9-16(15)20/h2-7,9-10H,8H2,1H3,(H,21,22,23). The predicted octanol–water partition coefficient (Wildman–Crippen LogP) is 4.57. The Labute approximate surface area is 142 Å². The Morgan fingerprint density at radius 3 is 2.79 bits per heavy atom. The number of nitrogens with one attached hydrogen (secondary N) is 1. The second kappa shape index (κ2) is 6.88. The zero-order valence-electron chi connectivity index (χ0n) is 12.8. The van der Waals surface area contributed by atoms with Gasteiger partial charge < -0.3 is 0 Å². The topological polar surface area (TPSA) is 42.0 Å². The van der Waals surface area contributed by atoms with Crippen molar-refractivity contribution in [1.29, 1.82) is 0 Å². The Morgan fingerprint density at radius 2 is 2.04 bits per heavy atom. The molecule has 0 bridgehead atoms. The van der Waals surface area contributed by atoms with Gasteiger partial charge in [0.25, 0.3) is 5.91 Å². The molecule has 0 unspecified atom stereocenters. The third-order valence-corrected chi connectivity index (χ3v) is 4.32. The van der Waals surface area contributed by atoms with E-state index in [0.29, 0.717) is 17.6 Å². The molecule has 2 aromatic carbocycles. The lowest BCUT2D eigenvalue weighted by Crippen LogP contribution is -2.13. The molecule has 122 valence electrons. The van der Waals surface area contributed by atoms with Crippen LogP contribution >= 0.6 is 11.3 Å². The van der Waals surface area contributed by atoms with Crippen LogP contribution in [0.4, 0.5) is 13.9 Å². The van der Waals surface area contributed by atoms with Crippen molar-refractivity contribution < 1.29 is 13.6 Å². The third-order valence-electron chi connectivity index (χ3n) is 3.41. The summed E-state index contributed by atoms with van der Waals surface area (Å²) in [6, 6.07) is 11.0. The molecule has 6 heteroatoms. The summed E-state index contributed by atoms with van der Waals surface area (Å²) in [5, 5.41) is 2.92. The summed E-state index contributed by atoms with van der Waals surface area (Å²) in [5.74, 6) is -2.27. The van der Waals surface area contributed by atoms with Gasteiger partial charge in [0.15, 0.2) is 5.13 Å². The first kappa shape index (κ1) is 16.3. The molecule has 0 spiro atoms. The van der Waals surface area contributed by atoms with Gasteiger partial charge in [-0.25, -0.2) is 13.8 Å². The predicted molar refractivity (Wildman–Crippen MR) is 90.4 cm³/mol. The molecule has 3 aromatic rings. The average molecular weight is 344 g/mol. The van der Waals surface area contributed by atoms with Crippen LogP contribution in [0.15, 0.2) is 48.7 Å². The Bertz CT molecular complexity index is 892. The number of anilines is 1. The van der Waals surface area contributed by atoms with Gasteiger partial charge in [-0.1, -0.05) is 29.8 Å². The van der Waals surface area contributed by atoms with Crippen LogP contribution in [0.25, 0.3) is 0 Å². The van der Waals surface area contributed by atoms with Crippen molar-refractivity contribution in [3.05, 3.63) is 81.9 Å². The largest absolute Gasteiger partial charge is 0.298 e. The molecule has 3 nitrogen and oxygen atoms in total. The molecule has 3 rings (SSSR count). The van der Waals surface area contributed by atoms with E-state index in [1.165, 1.54) is 16.9 Å². The van der Waals surface area contributed by atoms with Gasteiger partial charge in [0, 0.05) is 23.6 Å². The molecule has 0 atom stereocenters. The van der Waals surface area contributed by atoms with Gasteiger partial charge in [0.2, 0.25) is 0 Å². The minimum Gasteiger partial charge on any atom is -0.298 e. The Balaban J connectivity index is 1.70. The van der Waals surface area contributed by atoms with Crippen molar-refractivity contribution in [2.24, 2.45) is 0 Å². The van der Waals surface area contributed by atoms with Crippen LogP contribution in [-0.4, -0.2) is 10.9 Å². The molecule has 0 saturated carbocycles. The van der Waals surface area contributed by atoms with Gasteiger partial charge in [-0.15, -0.1) is 11.3 Å². The van der Waals surface area contributed by atoms with E-state index in [-0.39, 0.29) is 5.56 Å². The van der Waals surface area contributed by atoms with Gasteiger partial charge in [-0.3, -0.25) is 10.1 Å². The number of thiazole rings is 1. The molecule has 1 N–H and O–H groups in total. The van der Waals surface area contributed by atoms with E-state index in [9.17, 15) is 13.6 Å². The molecule has 1 heterocycles. The molecule has 1 amide bonds. The highest BCUT2D eigenvalue weighted by molar-refractivity contribution is 7.15. The number of aryl methyl sites for hydroxylation is 1. The first-order valence-electron chi connectivity index (χ1n) is 7.28. The quantitative estimate of drug-likeness (QED) is 0.753. The van der Waals surface area contributed by atoms with Crippen LogP contribution in [0.5, 0.6) is 0 Å². The maximum Gasteiger partial charge on any atom is 0.260 e. The van der Waals surface area contributed by atoms with Crippen LogP contribution in [0.2, 0.25) is 0 Å². The number of hydrogen-bond donors (Lipinski definition) is 1. The Hall–Kier alpha value is -2.60. The smallest absolute Gasteiger partial charge is 0.260 e. The van der Waals surface area contributed by atoms with Crippen LogP contribution in [0.3, 0.4) is 0 Å². The van der Waals surface area contributed by atoms with Gasteiger partial charge >= 0.3 is 0 Å². The molecular formula is C18H14F2N2OS. The number of rotatable bonds is 4. The monoisotopic (exact) mass is 344 g/mol. The third kappa shape index (κ3) is 3.83. The van der Waals surface area contributed by atoms with E-state index in [0.717, 1.165) is 22.6 Å². The fraction of sp³-hybridized carbons (Fsp3) is 0.111. The second-order valence-corrected chi connectivity index (χ2v) is 6.49. The highest BCUT2D eigenvalue weighted by Crippen LogP contribution is 2.22. The van der Waals surface area contributed by atoms with E-state index in [2.05, 4.69) is 16.4 Å². The zero-order valence-corrected chi connectivity index (χ0v) is 13.7. The van der Waals surface area contributed by atoms with E-state index in [1.807, 2.05) is 25.1 Å². The van der Waals surface area contributed by atoms with Crippen molar-refractivity contribution in [2.75, 3.05) is 5.32 Å². The first-order valence-corrected chi connectivity index (χ1v) is 8.09. The molecule has 0 aliphatic rings. The maximum absolute atomic E-state index is 13.6. The molecular weight excluding hydrogens is 330 g/mol. The van der Waals surface area contributed by atoms with Crippen molar-refractivity contribution in [3.63, 3.8) is 0 Å². The normalized spacial score (nSPS) is 10.6. The summed E-state index contributed by atoms with van der Waals surface area (Å²) in [6.45, 7) is 2.03. The van der Waals surface area contributed by atoms with E-state index >= 15 is 0 Å². The Kier molecular flexibility index (Phi) is 4.66. The number of amides is 1. The van der Waals surface area contributed by atoms with Crippen LogP contribution in [-0.2, 0) is 6.42 Å². The summed E-state index contributed by atoms with van der Waals surface area (Å²) >= 11 is 1.33. The molecule has 24 heavy (non-hydrogen) atoms. The fourth-order valence-corrected chi connectivity index (χ4v) is 3.15. The van der Waals surface area contributed by atoms with Crippen molar-refractivity contribution in [1.82, 2.24) is 4.98 Å². The SMILES string of the molecule is Cc1cccc(Cc2cnc(NC(=O)c3ccc(F)cc3F)s2)c1. The van der Waals surface area contributed by atoms with Gasteiger partial charge in [0.05, 0.1) is 5.56 Å². The fourth-order valence-electron chi connectivity index (χ4n) is 2.31. The first-order chi connectivity index (χ1) is 11.5. The van der Waals surface area contributed by atoms with Gasteiger partial charge in [0.1, 0.15) is 11.6 Å². The Morgan fingerprint density at radius 1 is 1.21 bits per heavy atom. The van der Waals surface area contributed by atoms with Crippen molar-refractivity contribution >= 4 is 22.4 Å². The van der Waals surface area contributed by atoms with E-state index in [4.69, 9.17) is 0 Å². The molecule has 0 aliphatic heterocycles. The molecule has 0 aliphatic carbocycles. The zero-order chi connectivity index (χ0) is 17.1. The molecule has 1 aromatic heterocycles. The van der Waals surface area contributed by atoms with Gasteiger partial charge in [-0.05, 0) is 24.6 Å². The molecule has 0 radical (unpaired) electrons. The lowest BCUT2D eigenvalue weighted by Gasteiger charge is -2.03. The summed E-state index contributed by atoms with van der Waals surface area (Å²) in [4.78, 5) is 17.2. The number of carbonyl (C=O) groups excluding carboxylic acids is 1. The van der Waals surface area contributed by atoms with Crippen molar-refractivity contribution in [3.8, 4) is 0 Å². The van der Waals surface area contributed by atoms with E-state index < -0.39 is 17.5 Å². The summed E-state index contributed by atoms with van der Waals surface area (Å²) in [5.41, 5.74) is 2.12. The van der Waals surface area contributed by atoms with E-state index in [1.54, 1.807) is 6.20 Å². The van der Waals surface area contributed by atoms with Gasteiger partial charge in [-0.2, -0.15) is 0 Å². The summed E-state index contributed by atoms with van der Waals surface area (Å²) in [7, 11) is 0. The molecule has 0 saturated heterocycles. The number of nitrogens with zero attached hydrogens (tertiary/aromatic N) is 1. The summed E-state index contributed by atoms with van der Waals surface area (Å²) in [6.07, 6.45) is 2.39. The number of halogens is 2. The van der Waals surface area contributed by atoms with Crippen LogP contribution in [0.1, 0.15) is 26.4 Å². The van der Waals surface area contributed by atoms with Crippen molar-refractivity contribution in [2.45, 2.75) is 13.3 Å². The minimum absolute atomic E-state index is 0.216. The highest BCUT2D eigenvalue weighted by atomic mass is 32.1. The number of hydrogen-bond acceptors (Lipinski definition) is 3. The number of benzene rings is 2. The maximum atomic E-state index is 13.6. The second-order valence-electron chi connectivity index (χ2n) is 5.38. The van der Waals surface area contributed by atoms with Crippen LogP contribution < -0.4 is 5.32 Å². The summed E-state index contributed by atoms with van der Waals surface area (Å²) < 4.78 is 26.5. The molecule has 0 fully saturated rings. The number of aromatic nitrogens is 1. The number of carbonyl (C=O) groups is 1. The highest BCUT2D eigenvalue weighted by Gasteiger charge is 2.14. The minimum atomic E-state index is -0.899. The van der Waals surface area contributed by atoms with Crippen LogP contribution in [0, 0.1) is 18.6 Å². The lowest BCUT2D eigenvalue weighted by atomic mass is 10.1. The lowest BCUT2D eigenvalue weighted by molar-refractivity contribution is 0.102. The average Bonchev–Trinajstić information content (AvgIpc) is 2.94.